The second-order valence-electron chi connectivity index (χ2n) is 5.97. The third kappa shape index (κ3) is 5.23. The molecule has 0 saturated heterocycles. The average Bonchev–Trinajstić information content (AvgIpc) is 3.11. The summed E-state index contributed by atoms with van der Waals surface area (Å²) in [5.41, 5.74) is 5.81. The molecule has 0 spiro atoms. The van der Waals surface area contributed by atoms with E-state index < -0.39 is 12.0 Å². The summed E-state index contributed by atoms with van der Waals surface area (Å²) in [5, 5.41) is 1.86. The van der Waals surface area contributed by atoms with Gasteiger partial charge >= 0.3 is 0 Å². The van der Waals surface area contributed by atoms with E-state index in [4.69, 9.17) is 9.47 Å². The highest BCUT2D eigenvalue weighted by atomic mass is 32.1. The SMILES string of the molecule is CCOc1ccc(OC(C)C(=O)NNC(=O)c2sccc2C(C)C)cc1. The molecular formula is C19H24N2O4S. The Morgan fingerprint density at radius 2 is 1.69 bits per heavy atom. The normalized spacial score (nSPS) is 11.7. The van der Waals surface area contributed by atoms with E-state index in [2.05, 4.69) is 10.9 Å². The highest BCUT2D eigenvalue weighted by molar-refractivity contribution is 7.12. The number of amides is 2. The van der Waals surface area contributed by atoms with Crippen LogP contribution in [0.25, 0.3) is 0 Å². The third-order valence-corrected chi connectivity index (χ3v) is 4.57. The molecule has 2 N–H and O–H groups in total. The van der Waals surface area contributed by atoms with Crippen molar-refractivity contribution in [2.24, 2.45) is 0 Å². The second kappa shape index (κ2) is 9.24. The number of thiophene rings is 1. The molecule has 2 aromatic rings. The number of carbonyl (C=O) groups excluding carboxylic acids is 2. The summed E-state index contributed by atoms with van der Waals surface area (Å²) in [6, 6.07) is 8.93. The van der Waals surface area contributed by atoms with Crippen molar-refractivity contribution in [3.63, 3.8) is 0 Å². The quantitative estimate of drug-likeness (QED) is 0.725. The third-order valence-electron chi connectivity index (χ3n) is 3.64. The topological polar surface area (TPSA) is 76.7 Å². The van der Waals surface area contributed by atoms with Crippen LogP contribution in [0.1, 0.15) is 48.8 Å². The molecule has 6 nitrogen and oxygen atoms in total. The molecule has 26 heavy (non-hydrogen) atoms. The fourth-order valence-electron chi connectivity index (χ4n) is 2.27. The predicted molar refractivity (Wildman–Crippen MR) is 102 cm³/mol. The van der Waals surface area contributed by atoms with Crippen LogP contribution in [-0.4, -0.2) is 24.5 Å². The van der Waals surface area contributed by atoms with Crippen LogP contribution in [0, 0.1) is 0 Å². The summed E-state index contributed by atoms with van der Waals surface area (Å²) in [4.78, 5) is 25.0. The van der Waals surface area contributed by atoms with Crippen molar-refractivity contribution in [1.82, 2.24) is 10.9 Å². The molecule has 140 valence electrons. The predicted octanol–water partition coefficient (Wildman–Crippen LogP) is 3.50. The Balaban J connectivity index is 1.86. The number of ether oxygens (including phenoxy) is 2. The van der Waals surface area contributed by atoms with E-state index in [0.717, 1.165) is 11.3 Å². The number of hydrazine groups is 1. The largest absolute Gasteiger partial charge is 0.494 e. The fraction of sp³-hybridized carbons (Fsp3) is 0.368. The van der Waals surface area contributed by atoms with Crippen LogP contribution < -0.4 is 20.3 Å². The Morgan fingerprint density at radius 3 is 2.31 bits per heavy atom. The molecule has 0 bridgehead atoms. The van der Waals surface area contributed by atoms with Crippen LogP contribution in [0.2, 0.25) is 0 Å². The summed E-state index contributed by atoms with van der Waals surface area (Å²) in [6.45, 7) is 8.14. The lowest BCUT2D eigenvalue weighted by atomic mass is 10.0. The van der Waals surface area contributed by atoms with Gasteiger partial charge in [0.1, 0.15) is 11.5 Å². The van der Waals surface area contributed by atoms with Crippen molar-refractivity contribution < 1.29 is 19.1 Å². The lowest BCUT2D eigenvalue weighted by molar-refractivity contribution is -0.128. The van der Waals surface area contributed by atoms with Gasteiger partial charge in [0, 0.05) is 0 Å². The van der Waals surface area contributed by atoms with Crippen LogP contribution in [0.3, 0.4) is 0 Å². The van der Waals surface area contributed by atoms with Crippen molar-refractivity contribution >= 4 is 23.2 Å². The van der Waals surface area contributed by atoms with Gasteiger partial charge in [0.25, 0.3) is 11.8 Å². The van der Waals surface area contributed by atoms with E-state index in [9.17, 15) is 9.59 Å². The molecule has 0 aliphatic rings. The van der Waals surface area contributed by atoms with Gasteiger partial charge in [0.2, 0.25) is 0 Å². The average molecular weight is 376 g/mol. The van der Waals surface area contributed by atoms with Crippen LogP contribution in [0.5, 0.6) is 11.5 Å². The number of nitrogens with one attached hydrogen (secondary N) is 2. The number of hydrogen-bond acceptors (Lipinski definition) is 5. The molecule has 2 rings (SSSR count). The maximum atomic E-state index is 12.2. The molecule has 0 fully saturated rings. The first-order valence-electron chi connectivity index (χ1n) is 8.49. The van der Waals surface area contributed by atoms with Gasteiger partial charge in [-0.1, -0.05) is 13.8 Å². The molecule has 0 radical (unpaired) electrons. The fourth-order valence-corrected chi connectivity index (χ4v) is 3.22. The highest BCUT2D eigenvalue weighted by Gasteiger charge is 2.19. The zero-order valence-electron chi connectivity index (χ0n) is 15.4. The van der Waals surface area contributed by atoms with Crippen molar-refractivity contribution in [2.75, 3.05) is 6.61 Å². The molecule has 2 amide bonds. The summed E-state index contributed by atoms with van der Waals surface area (Å²) >= 11 is 1.35. The van der Waals surface area contributed by atoms with E-state index >= 15 is 0 Å². The van der Waals surface area contributed by atoms with Gasteiger partial charge in [0.15, 0.2) is 6.10 Å². The lowest BCUT2D eigenvalue weighted by Crippen LogP contribution is -2.47. The Kier molecular flexibility index (Phi) is 7.03. The first kappa shape index (κ1) is 19.8. The standard InChI is InChI=1S/C19H24N2O4S/c1-5-24-14-6-8-15(9-7-14)25-13(4)18(22)20-21-19(23)17-16(12(2)3)10-11-26-17/h6-13H,5H2,1-4H3,(H,20,22)(H,21,23). The Hall–Kier alpha value is -2.54. The first-order valence-corrected chi connectivity index (χ1v) is 9.37. The van der Waals surface area contributed by atoms with Crippen molar-refractivity contribution in [1.29, 1.82) is 0 Å². The summed E-state index contributed by atoms with van der Waals surface area (Å²) in [6.07, 6.45) is -0.763. The molecule has 1 heterocycles. The smallest absolute Gasteiger partial charge is 0.280 e. The highest BCUT2D eigenvalue weighted by Crippen LogP contribution is 2.24. The summed E-state index contributed by atoms with van der Waals surface area (Å²) in [5.74, 6) is 0.753. The van der Waals surface area contributed by atoms with Gasteiger partial charge in [-0.3, -0.25) is 20.4 Å². The van der Waals surface area contributed by atoms with E-state index in [1.54, 1.807) is 31.2 Å². The molecule has 1 aromatic heterocycles. The minimum Gasteiger partial charge on any atom is -0.494 e. The molecule has 1 atom stereocenters. The number of hydrogen-bond donors (Lipinski definition) is 2. The second-order valence-corrected chi connectivity index (χ2v) is 6.88. The number of rotatable bonds is 7. The number of benzene rings is 1. The molecule has 1 unspecified atom stereocenters. The van der Waals surface area contributed by atoms with E-state index in [-0.39, 0.29) is 11.8 Å². The maximum absolute atomic E-state index is 12.2. The van der Waals surface area contributed by atoms with Gasteiger partial charge in [-0.2, -0.15) is 0 Å². The molecule has 0 aliphatic heterocycles. The van der Waals surface area contributed by atoms with E-state index in [0.29, 0.717) is 17.2 Å². The minimum absolute atomic E-state index is 0.236. The van der Waals surface area contributed by atoms with Gasteiger partial charge in [-0.05, 0) is 61.0 Å². The Labute approximate surface area is 157 Å². The van der Waals surface area contributed by atoms with E-state index in [1.807, 2.05) is 32.2 Å². The summed E-state index contributed by atoms with van der Waals surface area (Å²) in [7, 11) is 0. The van der Waals surface area contributed by atoms with Gasteiger partial charge in [0.05, 0.1) is 11.5 Å². The van der Waals surface area contributed by atoms with Crippen molar-refractivity contribution in [3.05, 3.63) is 46.2 Å². The zero-order chi connectivity index (χ0) is 19.1. The minimum atomic E-state index is -0.763. The van der Waals surface area contributed by atoms with Gasteiger partial charge < -0.3 is 9.47 Å². The zero-order valence-corrected chi connectivity index (χ0v) is 16.2. The van der Waals surface area contributed by atoms with Gasteiger partial charge in [-0.25, -0.2) is 0 Å². The van der Waals surface area contributed by atoms with Crippen LogP contribution in [-0.2, 0) is 4.79 Å². The molecular weight excluding hydrogens is 352 g/mol. The summed E-state index contributed by atoms with van der Waals surface area (Å²) < 4.78 is 10.9. The van der Waals surface area contributed by atoms with Crippen LogP contribution in [0.15, 0.2) is 35.7 Å². The maximum Gasteiger partial charge on any atom is 0.280 e. The van der Waals surface area contributed by atoms with E-state index in [1.165, 1.54) is 11.3 Å². The van der Waals surface area contributed by atoms with Crippen LogP contribution >= 0.6 is 11.3 Å². The monoisotopic (exact) mass is 376 g/mol. The van der Waals surface area contributed by atoms with Gasteiger partial charge in [-0.15, -0.1) is 11.3 Å². The Bertz CT molecular complexity index is 740. The lowest BCUT2D eigenvalue weighted by Gasteiger charge is -2.15. The Morgan fingerprint density at radius 1 is 1.04 bits per heavy atom. The van der Waals surface area contributed by atoms with Crippen molar-refractivity contribution in [3.8, 4) is 11.5 Å². The molecule has 0 saturated carbocycles. The molecule has 7 heteroatoms. The number of carbonyl (C=O) groups is 2. The molecule has 1 aromatic carbocycles. The molecule has 0 aliphatic carbocycles. The first-order chi connectivity index (χ1) is 12.4. The van der Waals surface area contributed by atoms with Crippen molar-refractivity contribution in [2.45, 2.75) is 39.7 Å². The van der Waals surface area contributed by atoms with Crippen LogP contribution in [0.4, 0.5) is 0 Å².